The number of benzene rings is 2. The molecule has 0 radical (unpaired) electrons. The van der Waals surface area contributed by atoms with Gasteiger partial charge in [-0.2, -0.15) is 0 Å². The minimum absolute atomic E-state index is 0.0479. The maximum absolute atomic E-state index is 12.4. The lowest BCUT2D eigenvalue weighted by molar-refractivity contribution is -0.128. The van der Waals surface area contributed by atoms with Crippen LogP contribution in [0.5, 0.6) is 5.75 Å². The fourth-order valence-corrected chi connectivity index (χ4v) is 2.92. The molecule has 29 heavy (non-hydrogen) atoms. The topological polar surface area (TPSA) is 100 Å². The molecule has 0 spiro atoms. The van der Waals surface area contributed by atoms with Crippen LogP contribution in [0.2, 0.25) is 0 Å². The van der Waals surface area contributed by atoms with Gasteiger partial charge in [-0.15, -0.1) is 0 Å². The number of amides is 2. The van der Waals surface area contributed by atoms with Crippen molar-refractivity contribution in [2.45, 2.75) is 33.8 Å². The van der Waals surface area contributed by atoms with Crippen LogP contribution < -0.4 is 15.6 Å². The quantitative estimate of drug-likeness (QED) is 0.458. The van der Waals surface area contributed by atoms with Crippen molar-refractivity contribution in [1.82, 2.24) is 15.8 Å². The highest BCUT2D eigenvalue weighted by atomic mass is 16.5. The molecule has 0 saturated heterocycles. The zero-order chi connectivity index (χ0) is 21.1. The first-order valence-electron chi connectivity index (χ1n) is 9.23. The molecule has 3 N–H and O–H groups in total. The van der Waals surface area contributed by atoms with E-state index < -0.39 is 17.9 Å². The first-order valence-corrected chi connectivity index (χ1v) is 9.23. The number of ketones is 1. The van der Waals surface area contributed by atoms with Gasteiger partial charge in [0.05, 0.1) is 0 Å². The molecular formula is C22H23N3O4. The molecule has 7 nitrogen and oxygen atoms in total. The first kappa shape index (κ1) is 20.1. The lowest BCUT2D eigenvalue weighted by atomic mass is 10.1. The van der Waals surface area contributed by atoms with Crippen LogP contribution in [0.25, 0.3) is 10.9 Å². The predicted molar refractivity (Wildman–Crippen MR) is 110 cm³/mol. The van der Waals surface area contributed by atoms with Crippen LogP contribution in [0.1, 0.15) is 45.8 Å². The normalized spacial score (nSPS) is 11.7. The van der Waals surface area contributed by atoms with Gasteiger partial charge in [0.15, 0.2) is 11.9 Å². The minimum Gasteiger partial charge on any atom is -0.481 e. The molecule has 3 rings (SSSR count). The Morgan fingerprint density at radius 3 is 2.28 bits per heavy atom. The molecule has 0 aliphatic carbocycles. The van der Waals surface area contributed by atoms with Crippen molar-refractivity contribution in [3.05, 3.63) is 64.8 Å². The van der Waals surface area contributed by atoms with Crippen LogP contribution in [0.3, 0.4) is 0 Å². The number of ether oxygens (including phenoxy) is 1. The van der Waals surface area contributed by atoms with Crippen molar-refractivity contribution in [2.75, 3.05) is 0 Å². The number of rotatable bonds is 5. The molecule has 7 heteroatoms. The number of Topliss-reactive ketones (excluding diaryl/α,β-unsaturated/α-hetero) is 1. The van der Waals surface area contributed by atoms with Crippen molar-refractivity contribution < 1.29 is 19.1 Å². The lowest BCUT2D eigenvalue weighted by Gasteiger charge is -2.15. The summed E-state index contributed by atoms with van der Waals surface area (Å²) in [6.45, 7) is 7.01. The van der Waals surface area contributed by atoms with Crippen molar-refractivity contribution in [3.8, 4) is 5.75 Å². The Morgan fingerprint density at radius 1 is 0.966 bits per heavy atom. The Hall–Kier alpha value is -3.61. The number of hydrazine groups is 1. The zero-order valence-electron chi connectivity index (χ0n) is 16.8. The van der Waals surface area contributed by atoms with E-state index in [1.807, 2.05) is 19.9 Å². The SMILES string of the molecule is CC(=O)c1ccc(OC(C)C(=O)NNC(=O)c2ccc3[nH]c(C)c(C)c3c2)cc1. The number of aromatic amines is 1. The average molecular weight is 393 g/mol. The molecular weight excluding hydrogens is 370 g/mol. The third-order valence-corrected chi connectivity index (χ3v) is 4.81. The second kappa shape index (κ2) is 8.18. The molecule has 1 aromatic heterocycles. The fraction of sp³-hybridized carbons (Fsp3) is 0.227. The number of nitrogens with one attached hydrogen (secondary N) is 3. The van der Waals surface area contributed by atoms with Crippen LogP contribution in [0.15, 0.2) is 42.5 Å². The van der Waals surface area contributed by atoms with Gasteiger partial charge in [0.25, 0.3) is 11.8 Å². The summed E-state index contributed by atoms with van der Waals surface area (Å²) < 4.78 is 5.55. The third kappa shape index (κ3) is 4.45. The third-order valence-electron chi connectivity index (χ3n) is 4.81. The Labute approximate surface area is 168 Å². The van der Waals surface area contributed by atoms with E-state index in [1.54, 1.807) is 43.3 Å². The number of fused-ring (bicyclic) bond motifs is 1. The van der Waals surface area contributed by atoms with E-state index in [0.29, 0.717) is 16.9 Å². The number of carbonyl (C=O) groups excluding carboxylic acids is 3. The summed E-state index contributed by atoms with van der Waals surface area (Å²) in [5.41, 5.74) is 8.87. The Morgan fingerprint density at radius 2 is 1.62 bits per heavy atom. The smallest absolute Gasteiger partial charge is 0.279 e. The van der Waals surface area contributed by atoms with Crippen LogP contribution in [-0.4, -0.2) is 28.7 Å². The van der Waals surface area contributed by atoms with E-state index in [2.05, 4.69) is 15.8 Å². The van der Waals surface area contributed by atoms with Crippen molar-refractivity contribution in [3.63, 3.8) is 0 Å². The molecule has 2 aromatic carbocycles. The van der Waals surface area contributed by atoms with E-state index in [0.717, 1.165) is 22.2 Å². The highest BCUT2D eigenvalue weighted by Gasteiger charge is 2.17. The molecule has 150 valence electrons. The van der Waals surface area contributed by atoms with Crippen molar-refractivity contribution in [1.29, 1.82) is 0 Å². The van der Waals surface area contributed by atoms with Gasteiger partial charge in [-0.05, 0) is 75.7 Å². The summed E-state index contributed by atoms with van der Waals surface area (Å²) in [5.74, 6) is -0.513. The molecule has 0 bridgehead atoms. The first-order chi connectivity index (χ1) is 13.8. The zero-order valence-corrected chi connectivity index (χ0v) is 16.8. The van der Waals surface area contributed by atoms with E-state index in [9.17, 15) is 14.4 Å². The molecule has 1 atom stereocenters. The summed E-state index contributed by atoms with van der Waals surface area (Å²) in [6, 6.07) is 11.8. The minimum atomic E-state index is -0.837. The maximum atomic E-state index is 12.4. The summed E-state index contributed by atoms with van der Waals surface area (Å²) >= 11 is 0. The van der Waals surface area contributed by atoms with Crippen LogP contribution in [0.4, 0.5) is 0 Å². The van der Waals surface area contributed by atoms with E-state index in [-0.39, 0.29) is 5.78 Å². The number of hydrogen-bond donors (Lipinski definition) is 3. The lowest BCUT2D eigenvalue weighted by Crippen LogP contribution is -2.47. The van der Waals surface area contributed by atoms with Gasteiger partial charge in [0.2, 0.25) is 0 Å². The van der Waals surface area contributed by atoms with Crippen molar-refractivity contribution >= 4 is 28.5 Å². The summed E-state index contributed by atoms with van der Waals surface area (Å²) in [5, 5.41) is 0.965. The van der Waals surface area contributed by atoms with Gasteiger partial charge < -0.3 is 9.72 Å². The number of H-pyrrole nitrogens is 1. The summed E-state index contributed by atoms with van der Waals surface area (Å²) in [7, 11) is 0. The van der Waals surface area contributed by atoms with Gasteiger partial charge in [-0.1, -0.05) is 0 Å². The molecule has 1 unspecified atom stereocenters. The van der Waals surface area contributed by atoms with Gasteiger partial charge in [0.1, 0.15) is 5.75 Å². The van der Waals surface area contributed by atoms with E-state index in [4.69, 9.17) is 4.74 Å². The molecule has 1 heterocycles. The Bertz CT molecular complexity index is 1080. The largest absolute Gasteiger partial charge is 0.481 e. The van der Waals surface area contributed by atoms with Crippen LogP contribution in [0, 0.1) is 13.8 Å². The number of aromatic nitrogens is 1. The molecule has 0 saturated carbocycles. The number of aryl methyl sites for hydroxylation is 2. The number of hydrogen-bond acceptors (Lipinski definition) is 4. The number of carbonyl (C=O) groups is 3. The molecule has 0 aliphatic rings. The second-order valence-corrected chi connectivity index (χ2v) is 6.92. The van der Waals surface area contributed by atoms with Gasteiger partial charge >= 0.3 is 0 Å². The fourth-order valence-electron chi connectivity index (χ4n) is 2.92. The highest BCUT2D eigenvalue weighted by molar-refractivity contribution is 6.00. The average Bonchev–Trinajstić information content (AvgIpc) is 2.99. The molecule has 0 aliphatic heterocycles. The molecule has 3 aromatic rings. The van der Waals surface area contributed by atoms with Gasteiger partial charge in [-0.25, -0.2) is 0 Å². The van der Waals surface area contributed by atoms with E-state index >= 15 is 0 Å². The predicted octanol–water partition coefficient (Wildman–Crippen LogP) is 3.22. The van der Waals surface area contributed by atoms with Crippen LogP contribution in [-0.2, 0) is 4.79 Å². The van der Waals surface area contributed by atoms with Gasteiger partial charge in [-0.3, -0.25) is 25.2 Å². The summed E-state index contributed by atoms with van der Waals surface area (Å²) in [6.07, 6.45) is -0.837. The summed E-state index contributed by atoms with van der Waals surface area (Å²) in [4.78, 5) is 39.2. The second-order valence-electron chi connectivity index (χ2n) is 6.92. The highest BCUT2D eigenvalue weighted by Crippen LogP contribution is 2.22. The van der Waals surface area contributed by atoms with Gasteiger partial charge in [0, 0.05) is 27.7 Å². The standard InChI is InChI=1S/C22H23N3O4/c1-12-13(2)23-20-10-7-17(11-19(12)20)22(28)25-24-21(27)15(4)29-18-8-5-16(6-9-18)14(3)26/h5-11,15,23H,1-4H3,(H,24,27)(H,25,28). The van der Waals surface area contributed by atoms with Crippen LogP contribution >= 0.6 is 0 Å². The monoisotopic (exact) mass is 393 g/mol. The van der Waals surface area contributed by atoms with E-state index in [1.165, 1.54) is 6.92 Å². The van der Waals surface area contributed by atoms with Crippen molar-refractivity contribution in [2.24, 2.45) is 0 Å². The molecule has 2 amide bonds. The Kier molecular flexibility index (Phi) is 5.68. The molecule has 0 fully saturated rings. The Balaban J connectivity index is 1.58. The maximum Gasteiger partial charge on any atom is 0.279 e.